The lowest BCUT2D eigenvalue weighted by molar-refractivity contribution is 0.245. The number of benzene rings is 1. The lowest BCUT2D eigenvalue weighted by Crippen LogP contribution is -2.46. The van der Waals surface area contributed by atoms with Gasteiger partial charge in [0.25, 0.3) is 0 Å². The van der Waals surface area contributed by atoms with Crippen LogP contribution in [0.15, 0.2) is 30.5 Å². The summed E-state index contributed by atoms with van der Waals surface area (Å²) in [6.45, 7) is 5.46. The van der Waals surface area contributed by atoms with Crippen LogP contribution in [0.25, 0.3) is 0 Å². The topological polar surface area (TPSA) is 32.3 Å². The molecule has 0 atom stereocenters. The second-order valence-corrected chi connectivity index (χ2v) is 5.50. The van der Waals surface area contributed by atoms with Crippen LogP contribution >= 0.6 is 0 Å². The van der Waals surface area contributed by atoms with Crippen LogP contribution in [-0.2, 0) is 6.54 Å². The molecule has 0 N–H and O–H groups in total. The Kier molecular flexibility index (Phi) is 4.29. The van der Waals surface area contributed by atoms with Crippen molar-refractivity contribution < 1.29 is 8.78 Å². The third-order valence-electron chi connectivity index (χ3n) is 3.84. The summed E-state index contributed by atoms with van der Waals surface area (Å²) in [5, 5.41) is 0. The monoisotopic (exact) mass is 304 g/mol. The van der Waals surface area contributed by atoms with Crippen molar-refractivity contribution in [1.29, 1.82) is 0 Å². The summed E-state index contributed by atoms with van der Waals surface area (Å²) in [4.78, 5) is 12.9. The summed E-state index contributed by atoms with van der Waals surface area (Å²) >= 11 is 0. The van der Waals surface area contributed by atoms with Crippen molar-refractivity contribution in [2.45, 2.75) is 13.5 Å². The molecule has 116 valence electrons. The van der Waals surface area contributed by atoms with Gasteiger partial charge in [-0.05, 0) is 31.2 Å². The van der Waals surface area contributed by atoms with Gasteiger partial charge in [-0.2, -0.15) is 0 Å². The molecule has 2 heterocycles. The van der Waals surface area contributed by atoms with Crippen LogP contribution in [0.5, 0.6) is 0 Å². The van der Waals surface area contributed by atoms with E-state index in [0.717, 1.165) is 43.9 Å². The molecule has 1 aliphatic rings. The van der Waals surface area contributed by atoms with E-state index >= 15 is 0 Å². The zero-order valence-electron chi connectivity index (χ0n) is 12.5. The van der Waals surface area contributed by atoms with Gasteiger partial charge in [-0.15, -0.1) is 0 Å². The van der Waals surface area contributed by atoms with Gasteiger partial charge in [0, 0.05) is 50.2 Å². The van der Waals surface area contributed by atoms with E-state index < -0.39 is 5.82 Å². The number of aromatic nitrogens is 2. The van der Waals surface area contributed by atoms with E-state index in [1.807, 2.05) is 13.0 Å². The quantitative estimate of drug-likeness (QED) is 0.871. The van der Waals surface area contributed by atoms with Crippen molar-refractivity contribution in [2.24, 2.45) is 0 Å². The predicted octanol–water partition coefficient (Wildman–Crippen LogP) is 2.39. The Labute approximate surface area is 128 Å². The summed E-state index contributed by atoms with van der Waals surface area (Å²) < 4.78 is 26.9. The molecule has 0 radical (unpaired) electrons. The van der Waals surface area contributed by atoms with E-state index in [2.05, 4.69) is 19.8 Å². The van der Waals surface area contributed by atoms with Crippen LogP contribution in [0.1, 0.15) is 11.3 Å². The van der Waals surface area contributed by atoms with Gasteiger partial charge in [-0.3, -0.25) is 4.90 Å². The van der Waals surface area contributed by atoms with Crippen LogP contribution in [0, 0.1) is 18.6 Å². The van der Waals surface area contributed by atoms with Crippen LogP contribution in [0.4, 0.5) is 14.7 Å². The maximum Gasteiger partial charge on any atom is 0.225 e. The number of nitrogens with zero attached hydrogens (tertiary/aromatic N) is 4. The minimum atomic E-state index is -0.400. The average Bonchev–Trinajstić information content (AvgIpc) is 2.52. The van der Waals surface area contributed by atoms with Crippen molar-refractivity contribution in [1.82, 2.24) is 14.9 Å². The molecular weight excluding hydrogens is 286 g/mol. The fraction of sp³-hybridized carbons (Fsp3) is 0.375. The number of hydrogen-bond acceptors (Lipinski definition) is 4. The molecule has 0 bridgehead atoms. The molecule has 4 nitrogen and oxygen atoms in total. The first-order valence-electron chi connectivity index (χ1n) is 7.33. The largest absolute Gasteiger partial charge is 0.338 e. The molecule has 1 aromatic heterocycles. The summed E-state index contributed by atoms with van der Waals surface area (Å²) in [6, 6.07) is 5.46. The Morgan fingerprint density at radius 3 is 2.59 bits per heavy atom. The van der Waals surface area contributed by atoms with E-state index in [0.29, 0.717) is 12.1 Å². The minimum absolute atomic E-state index is 0.356. The second-order valence-electron chi connectivity index (χ2n) is 5.50. The Morgan fingerprint density at radius 2 is 1.86 bits per heavy atom. The first-order chi connectivity index (χ1) is 10.6. The number of aryl methyl sites for hydroxylation is 1. The molecule has 1 saturated heterocycles. The molecule has 22 heavy (non-hydrogen) atoms. The SMILES string of the molecule is Cc1ccnc(N2CCN(Cc3cc(F)ccc3F)CC2)n1. The summed E-state index contributed by atoms with van der Waals surface area (Å²) in [5.41, 5.74) is 1.34. The summed E-state index contributed by atoms with van der Waals surface area (Å²) in [6.07, 6.45) is 1.76. The smallest absolute Gasteiger partial charge is 0.225 e. The predicted molar refractivity (Wildman–Crippen MR) is 80.6 cm³/mol. The zero-order chi connectivity index (χ0) is 15.5. The van der Waals surface area contributed by atoms with Crippen molar-refractivity contribution >= 4 is 5.95 Å². The Balaban J connectivity index is 1.61. The molecule has 2 aromatic rings. The molecule has 1 aromatic carbocycles. The van der Waals surface area contributed by atoms with Gasteiger partial charge in [-0.1, -0.05) is 0 Å². The van der Waals surface area contributed by atoms with E-state index in [9.17, 15) is 8.78 Å². The van der Waals surface area contributed by atoms with Gasteiger partial charge in [0.05, 0.1) is 0 Å². The van der Waals surface area contributed by atoms with Crippen molar-refractivity contribution in [3.63, 3.8) is 0 Å². The van der Waals surface area contributed by atoms with Crippen molar-refractivity contribution in [3.8, 4) is 0 Å². The van der Waals surface area contributed by atoms with Crippen molar-refractivity contribution in [3.05, 3.63) is 53.4 Å². The zero-order valence-corrected chi connectivity index (χ0v) is 12.5. The van der Waals surface area contributed by atoms with Crippen LogP contribution in [0.3, 0.4) is 0 Å². The number of hydrogen-bond donors (Lipinski definition) is 0. The highest BCUT2D eigenvalue weighted by Crippen LogP contribution is 2.16. The Bertz CT molecular complexity index is 654. The molecule has 0 unspecified atom stereocenters. The lowest BCUT2D eigenvalue weighted by atomic mass is 10.2. The number of piperazine rings is 1. The molecule has 0 saturated carbocycles. The molecule has 1 fully saturated rings. The van der Waals surface area contributed by atoms with Crippen LogP contribution in [0.2, 0.25) is 0 Å². The highest BCUT2D eigenvalue weighted by Gasteiger charge is 2.20. The average molecular weight is 304 g/mol. The molecule has 0 amide bonds. The third kappa shape index (κ3) is 3.39. The highest BCUT2D eigenvalue weighted by molar-refractivity contribution is 5.31. The summed E-state index contributed by atoms with van der Waals surface area (Å²) in [7, 11) is 0. The molecule has 0 spiro atoms. The Morgan fingerprint density at radius 1 is 1.09 bits per heavy atom. The molecule has 0 aliphatic carbocycles. The minimum Gasteiger partial charge on any atom is -0.338 e. The van der Waals surface area contributed by atoms with Crippen LogP contribution in [-0.4, -0.2) is 41.0 Å². The van der Waals surface area contributed by atoms with Crippen LogP contribution < -0.4 is 4.90 Å². The number of anilines is 1. The van der Waals surface area contributed by atoms with E-state index in [1.165, 1.54) is 12.1 Å². The molecule has 6 heteroatoms. The molecule has 1 aliphatic heterocycles. The second kappa shape index (κ2) is 6.36. The number of rotatable bonds is 3. The first-order valence-corrected chi connectivity index (χ1v) is 7.33. The molecule has 3 rings (SSSR count). The van der Waals surface area contributed by atoms with Gasteiger partial charge >= 0.3 is 0 Å². The lowest BCUT2D eigenvalue weighted by Gasteiger charge is -2.34. The van der Waals surface area contributed by atoms with Gasteiger partial charge in [-0.25, -0.2) is 18.7 Å². The van der Waals surface area contributed by atoms with Gasteiger partial charge in [0.15, 0.2) is 0 Å². The number of halogens is 2. The van der Waals surface area contributed by atoms with Crippen molar-refractivity contribution in [2.75, 3.05) is 31.1 Å². The summed E-state index contributed by atoms with van der Waals surface area (Å²) in [5.74, 6) is -0.0226. The highest BCUT2D eigenvalue weighted by atomic mass is 19.1. The maximum absolute atomic E-state index is 13.7. The normalized spacial score (nSPS) is 16.0. The third-order valence-corrected chi connectivity index (χ3v) is 3.84. The van der Waals surface area contributed by atoms with E-state index in [4.69, 9.17) is 0 Å². The van der Waals surface area contributed by atoms with Gasteiger partial charge < -0.3 is 4.90 Å². The molecular formula is C16H18F2N4. The van der Waals surface area contributed by atoms with E-state index in [-0.39, 0.29) is 5.82 Å². The fourth-order valence-corrected chi connectivity index (χ4v) is 2.60. The van der Waals surface area contributed by atoms with Gasteiger partial charge in [0.1, 0.15) is 11.6 Å². The van der Waals surface area contributed by atoms with E-state index in [1.54, 1.807) is 6.20 Å². The first kappa shape index (κ1) is 14.8. The maximum atomic E-state index is 13.7. The fourth-order valence-electron chi connectivity index (χ4n) is 2.60. The van der Waals surface area contributed by atoms with Gasteiger partial charge in [0.2, 0.25) is 5.95 Å². The Hall–Kier alpha value is -2.08. The standard InChI is InChI=1S/C16H18F2N4/c1-12-4-5-19-16(20-12)22-8-6-21(7-9-22)11-13-10-14(17)2-3-15(13)18/h2-5,10H,6-9,11H2,1H3.